The van der Waals surface area contributed by atoms with Crippen molar-refractivity contribution in [2.24, 2.45) is 0 Å². The Morgan fingerprint density at radius 3 is 2.13 bits per heavy atom. The molecule has 2 N–H and O–H groups in total. The number of thiophene rings is 1. The van der Waals surface area contributed by atoms with Crippen LogP contribution in [0.3, 0.4) is 0 Å². The molecule has 30 heavy (non-hydrogen) atoms. The van der Waals surface area contributed by atoms with Crippen molar-refractivity contribution in [3.63, 3.8) is 0 Å². The van der Waals surface area contributed by atoms with E-state index in [-0.39, 0.29) is 22.0 Å². The van der Waals surface area contributed by atoms with Crippen LogP contribution in [0.1, 0.15) is 41.5 Å². The van der Waals surface area contributed by atoms with Gasteiger partial charge >= 0.3 is 17.9 Å². The molecule has 10 heteroatoms. The van der Waals surface area contributed by atoms with Crippen molar-refractivity contribution in [1.82, 2.24) is 0 Å². The molecular weight excluding hydrogens is 412 g/mol. The van der Waals surface area contributed by atoms with Crippen LogP contribution in [0.4, 0.5) is 10.7 Å². The molecule has 1 heterocycles. The summed E-state index contributed by atoms with van der Waals surface area (Å²) in [6.07, 6.45) is 0. The van der Waals surface area contributed by atoms with Crippen LogP contribution in [0.15, 0.2) is 18.2 Å². The third-order valence-electron chi connectivity index (χ3n) is 4.25. The summed E-state index contributed by atoms with van der Waals surface area (Å²) in [5, 5.41) is 5.80. The van der Waals surface area contributed by atoms with Crippen LogP contribution in [0.5, 0.6) is 0 Å². The molecule has 1 amide bonds. The molecule has 0 atom stereocenters. The highest BCUT2D eigenvalue weighted by atomic mass is 32.1. The van der Waals surface area contributed by atoms with Gasteiger partial charge in [0.15, 0.2) is 0 Å². The molecule has 0 saturated heterocycles. The van der Waals surface area contributed by atoms with Gasteiger partial charge in [-0.15, -0.1) is 11.3 Å². The molecule has 2 rings (SSSR count). The Hall–Kier alpha value is -3.40. The maximum atomic E-state index is 12.4. The number of hydrogen-bond acceptors (Lipinski definition) is 9. The largest absolute Gasteiger partial charge is 0.465 e. The number of anilines is 2. The first-order valence-corrected chi connectivity index (χ1v) is 9.57. The Morgan fingerprint density at radius 1 is 0.933 bits per heavy atom. The molecule has 0 saturated carbocycles. The summed E-state index contributed by atoms with van der Waals surface area (Å²) in [5.41, 5.74) is 2.28. The molecule has 0 radical (unpaired) electrons. The Morgan fingerprint density at radius 2 is 1.57 bits per heavy atom. The quantitative estimate of drug-likeness (QED) is 0.504. The number of nitrogens with one attached hydrogen (secondary N) is 2. The Labute approximate surface area is 177 Å². The molecule has 0 unspecified atom stereocenters. The standard InChI is InChI=1S/C20H22N2O7S/c1-10-8-12(18(24)27-3)6-7-13(10)21-9-14(23)22-17-15(19(25)28-4)11(2)16(30-17)20(26)29-5/h6-8,21H,9H2,1-5H3,(H,22,23). The summed E-state index contributed by atoms with van der Waals surface area (Å²) in [6.45, 7) is 3.26. The van der Waals surface area contributed by atoms with Crippen molar-refractivity contribution < 1.29 is 33.4 Å². The van der Waals surface area contributed by atoms with E-state index < -0.39 is 23.8 Å². The normalized spacial score (nSPS) is 10.2. The Balaban J connectivity index is 2.16. The van der Waals surface area contributed by atoms with Crippen LogP contribution in [0, 0.1) is 13.8 Å². The van der Waals surface area contributed by atoms with Gasteiger partial charge in [-0.05, 0) is 43.2 Å². The summed E-state index contributed by atoms with van der Waals surface area (Å²) in [7, 11) is 3.75. The fraction of sp³-hybridized carbons (Fsp3) is 0.300. The van der Waals surface area contributed by atoms with Crippen LogP contribution in [0.2, 0.25) is 0 Å². The topological polar surface area (TPSA) is 120 Å². The smallest absolute Gasteiger partial charge is 0.348 e. The minimum Gasteiger partial charge on any atom is -0.465 e. The van der Waals surface area contributed by atoms with Gasteiger partial charge < -0.3 is 24.8 Å². The number of hydrogen-bond donors (Lipinski definition) is 2. The molecule has 1 aromatic carbocycles. The minimum absolute atomic E-state index is 0.106. The number of esters is 3. The van der Waals surface area contributed by atoms with Crippen molar-refractivity contribution in [3.05, 3.63) is 45.3 Å². The van der Waals surface area contributed by atoms with Gasteiger partial charge in [-0.2, -0.15) is 0 Å². The molecule has 0 bridgehead atoms. The molecule has 2 aromatic rings. The zero-order chi connectivity index (χ0) is 22.4. The van der Waals surface area contributed by atoms with E-state index in [1.165, 1.54) is 21.3 Å². The number of benzene rings is 1. The van der Waals surface area contributed by atoms with E-state index in [1.54, 1.807) is 32.0 Å². The fourth-order valence-corrected chi connectivity index (χ4v) is 3.82. The number of methoxy groups -OCH3 is 3. The lowest BCUT2D eigenvalue weighted by molar-refractivity contribution is -0.114. The minimum atomic E-state index is -0.670. The molecule has 0 spiro atoms. The predicted molar refractivity (Wildman–Crippen MR) is 111 cm³/mol. The van der Waals surface area contributed by atoms with Gasteiger partial charge in [0.25, 0.3) is 0 Å². The summed E-state index contributed by atoms with van der Waals surface area (Å²) in [6, 6.07) is 4.89. The maximum Gasteiger partial charge on any atom is 0.348 e. The molecule has 9 nitrogen and oxygen atoms in total. The van der Waals surface area contributed by atoms with Gasteiger partial charge in [0.2, 0.25) is 5.91 Å². The maximum absolute atomic E-state index is 12.4. The van der Waals surface area contributed by atoms with Gasteiger partial charge in [0, 0.05) is 5.69 Å². The van der Waals surface area contributed by atoms with Crippen LogP contribution < -0.4 is 10.6 Å². The summed E-state index contributed by atoms with van der Waals surface area (Å²) in [5.74, 6) is -2.17. The SMILES string of the molecule is COC(=O)c1ccc(NCC(=O)Nc2sc(C(=O)OC)c(C)c2C(=O)OC)c(C)c1. The third-order valence-corrected chi connectivity index (χ3v) is 5.43. The lowest BCUT2D eigenvalue weighted by atomic mass is 10.1. The number of amides is 1. The van der Waals surface area contributed by atoms with Crippen LogP contribution >= 0.6 is 11.3 Å². The fourth-order valence-electron chi connectivity index (χ4n) is 2.69. The van der Waals surface area contributed by atoms with E-state index in [1.807, 2.05) is 0 Å². The molecule has 0 aliphatic rings. The van der Waals surface area contributed by atoms with Gasteiger partial charge in [-0.25, -0.2) is 14.4 Å². The van der Waals surface area contributed by atoms with Gasteiger partial charge in [0.1, 0.15) is 9.88 Å². The van der Waals surface area contributed by atoms with Crippen molar-refractivity contribution in [1.29, 1.82) is 0 Å². The number of carbonyl (C=O) groups excluding carboxylic acids is 4. The summed E-state index contributed by atoms with van der Waals surface area (Å²) >= 11 is 0.937. The van der Waals surface area contributed by atoms with Crippen molar-refractivity contribution in [2.45, 2.75) is 13.8 Å². The average Bonchev–Trinajstić information content (AvgIpc) is 3.06. The first-order chi connectivity index (χ1) is 14.2. The number of aryl methyl sites for hydroxylation is 1. The van der Waals surface area contributed by atoms with Crippen molar-refractivity contribution in [3.8, 4) is 0 Å². The van der Waals surface area contributed by atoms with E-state index in [9.17, 15) is 19.2 Å². The molecule has 160 valence electrons. The lowest BCUT2D eigenvalue weighted by Crippen LogP contribution is -2.22. The zero-order valence-electron chi connectivity index (χ0n) is 17.2. The average molecular weight is 434 g/mol. The zero-order valence-corrected chi connectivity index (χ0v) is 18.0. The third kappa shape index (κ3) is 4.95. The lowest BCUT2D eigenvalue weighted by Gasteiger charge is -2.11. The highest BCUT2D eigenvalue weighted by Crippen LogP contribution is 2.34. The second kappa shape index (κ2) is 9.88. The Kier molecular flexibility index (Phi) is 7.54. The van der Waals surface area contributed by atoms with E-state index in [0.717, 1.165) is 16.9 Å². The number of ether oxygens (including phenoxy) is 3. The van der Waals surface area contributed by atoms with Crippen LogP contribution in [-0.4, -0.2) is 51.7 Å². The highest BCUT2D eigenvalue weighted by Gasteiger charge is 2.26. The predicted octanol–water partition coefficient (Wildman–Crippen LogP) is 2.78. The van der Waals surface area contributed by atoms with E-state index >= 15 is 0 Å². The van der Waals surface area contributed by atoms with Crippen LogP contribution in [-0.2, 0) is 19.0 Å². The highest BCUT2D eigenvalue weighted by molar-refractivity contribution is 7.18. The molecule has 0 aliphatic carbocycles. The van der Waals surface area contributed by atoms with Crippen molar-refractivity contribution >= 4 is 45.8 Å². The van der Waals surface area contributed by atoms with Crippen LogP contribution in [0.25, 0.3) is 0 Å². The Bertz CT molecular complexity index is 997. The molecule has 0 fully saturated rings. The van der Waals surface area contributed by atoms with Gasteiger partial charge in [-0.1, -0.05) is 0 Å². The number of carbonyl (C=O) groups is 4. The molecule has 1 aromatic heterocycles. The first kappa shape index (κ1) is 22.9. The van der Waals surface area contributed by atoms with Gasteiger partial charge in [-0.3, -0.25) is 4.79 Å². The summed E-state index contributed by atoms with van der Waals surface area (Å²) < 4.78 is 14.2. The van der Waals surface area contributed by atoms with Crippen molar-refractivity contribution in [2.75, 3.05) is 38.5 Å². The second-order valence-electron chi connectivity index (χ2n) is 6.17. The van der Waals surface area contributed by atoms with Gasteiger partial charge in [0.05, 0.1) is 39.0 Å². The number of rotatable bonds is 7. The monoisotopic (exact) mass is 434 g/mol. The summed E-state index contributed by atoms with van der Waals surface area (Å²) in [4.78, 5) is 48.3. The first-order valence-electron chi connectivity index (χ1n) is 8.76. The second-order valence-corrected chi connectivity index (χ2v) is 7.19. The molecule has 0 aliphatic heterocycles. The molecular formula is C20H22N2O7S. The van der Waals surface area contributed by atoms with E-state index in [0.29, 0.717) is 16.8 Å². The van der Waals surface area contributed by atoms with E-state index in [2.05, 4.69) is 15.4 Å². The van der Waals surface area contributed by atoms with E-state index in [4.69, 9.17) is 9.47 Å².